The first-order valence-corrected chi connectivity index (χ1v) is 2.66. The largest absolute Gasteiger partial charge is 0.436 e. The molecule has 1 aliphatic rings. The van der Waals surface area contributed by atoms with Crippen molar-refractivity contribution in [3.63, 3.8) is 0 Å². The second-order valence-electron chi connectivity index (χ2n) is 1.84. The molecule has 1 heterocycles. The number of esters is 1. The van der Waals surface area contributed by atoms with Crippen LogP contribution in [0.25, 0.3) is 0 Å². The molecule has 3 nitrogen and oxygen atoms in total. The minimum Gasteiger partial charge on any atom is -0.436 e. The molecule has 0 aromatic heterocycles. The van der Waals surface area contributed by atoms with E-state index in [1.54, 1.807) is 0 Å². The molecule has 1 rings (SSSR count). The molecule has 1 saturated heterocycles. The number of hydrogen-bond acceptors (Lipinski definition) is 3. The monoisotopic (exact) mass is 116 g/mol. The van der Waals surface area contributed by atoms with Crippen LogP contribution >= 0.6 is 0 Å². The molecule has 0 radical (unpaired) electrons. The fraction of sp³-hybridized carbons (Fsp3) is 0.800. The van der Waals surface area contributed by atoms with Gasteiger partial charge in [-0.2, -0.15) is 0 Å². The Hall–Kier alpha value is -0.570. The second kappa shape index (κ2) is 2.13. The van der Waals surface area contributed by atoms with Gasteiger partial charge < -0.3 is 9.84 Å². The third-order valence-corrected chi connectivity index (χ3v) is 1.10. The van der Waals surface area contributed by atoms with Crippen LogP contribution in [0.15, 0.2) is 0 Å². The number of carbonyl (C=O) groups is 1. The average molecular weight is 116 g/mol. The van der Waals surface area contributed by atoms with Crippen LogP contribution in [0.3, 0.4) is 0 Å². The summed E-state index contributed by atoms with van der Waals surface area (Å²) < 4.78 is 4.40. The van der Waals surface area contributed by atoms with Crippen LogP contribution in [0.4, 0.5) is 0 Å². The molecular formula is C5H8O3. The van der Waals surface area contributed by atoms with Crippen molar-refractivity contribution in [2.24, 2.45) is 0 Å². The molecule has 1 fully saturated rings. The van der Waals surface area contributed by atoms with E-state index in [1.807, 2.05) is 0 Å². The van der Waals surface area contributed by atoms with Crippen molar-refractivity contribution in [3.05, 3.63) is 0 Å². The van der Waals surface area contributed by atoms with Crippen LogP contribution in [0.1, 0.15) is 19.3 Å². The highest BCUT2D eigenvalue weighted by atomic mass is 16.6. The van der Waals surface area contributed by atoms with Crippen molar-refractivity contribution in [3.8, 4) is 0 Å². The van der Waals surface area contributed by atoms with Crippen molar-refractivity contribution >= 4 is 5.97 Å². The first-order valence-electron chi connectivity index (χ1n) is 2.66. The molecule has 8 heavy (non-hydrogen) atoms. The molecule has 1 atom stereocenters. The number of ether oxygens (including phenoxy) is 1. The number of aliphatic hydroxyl groups is 1. The zero-order valence-electron chi connectivity index (χ0n) is 4.46. The van der Waals surface area contributed by atoms with E-state index in [0.29, 0.717) is 12.8 Å². The second-order valence-corrected chi connectivity index (χ2v) is 1.84. The average Bonchev–Trinajstić information content (AvgIpc) is 1.64. The molecule has 0 saturated carbocycles. The summed E-state index contributed by atoms with van der Waals surface area (Å²) >= 11 is 0. The molecule has 0 bridgehead atoms. The van der Waals surface area contributed by atoms with Gasteiger partial charge in [0.05, 0.1) is 0 Å². The Labute approximate surface area is 47.3 Å². The van der Waals surface area contributed by atoms with E-state index in [1.165, 1.54) is 0 Å². The SMILES string of the molecule is O=C1CCCC(O)O1. The van der Waals surface area contributed by atoms with Gasteiger partial charge in [-0.3, -0.25) is 4.79 Å². The molecule has 0 aromatic rings. The van der Waals surface area contributed by atoms with E-state index >= 15 is 0 Å². The molecule has 1 unspecified atom stereocenters. The zero-order chi connectivity index (χ0) is 5.98. The smallest absolute Gasteiger partial charge is 0.308 e. The Morgan fingerprint density at radius 2 is 2.50 bits per heavy atom. The number of rotatable bonds is 0. The van der Waals surface area contributed by atoms with Gasteiger partial charge in [-0.05, 0) is 6.42 Å². The Bertz CT molecular complexity index is 99.8. The van der Waals surface area contributed by atoms with Gasteiger partial charge in [-0.25, -0.2) is 0 Å². The lowest BCUT2D eigenvalue weighted by Gasteiger charge is -2.15. The summed E-state index contributed by atoms with van der Waals surface area (Å²) in [5.41, 5.74) is 0. The number of aliphatic hydroxyl groups excluding tert-OH is 1. The van der Waals surface area contributed by atoms with Crippen molar-refractivity contribution in [1.82, 2.24) is 0 Å². The third kappa shape index (κ3) is 1.20. The van der Waals surface area contributed by atoms with Gasteiger partial charge in [-0.15, -0.1) is 0 Å². The van der Waals surface area contributed by atoms with Crippen molar-refractivity contribution < 1.29 is 14.6 Å². The fourth-order valence-corrected chi connectivity index (χ4v) is 0.691. The van der Waals surface area contributed by atoms with Crippen LogP contribution in [-0.4, -0.2) is 17.4 Å². The highest BCUT2D eigenvalue weighted by Crippen LogP contribution is 2.10. The quantitative estimate of drug-likeness (QED) is 0.454. The van der Waals surface area contributed by atoms with Gasteiger partial charge in [0.2, 0.25) is 6.29 Å². The molecule has 0 spiro atoms. The maximum absolute atomic E-state index is 10.3. The molecule has 1 aliphatic heterocycles. The highest BCUT2D eigenvalue weighted by molar-refractivity contribution is 5.69. The normalized spacial score (nSPS) is 29.6. The van der Waals surface area contributed by atoms with Crippen LogP contribution in [0, 0.1) is 0 Å². The Balaban J connectivity index is 2.34. The third-order valence-electron chi connectivity index (χ3n) is 1.10. The minimum absolute atomic E-state index is 0.288. The number of carbonyl (C=O) groups excluding carboxylic acids is 1. The molecule has 46 valence electrons. The van der Waals surface area contributed by atoms with Crippen LogP contribution in [0.5, 0.6) is 0 Å². The topological polar surface area (TPSA) is 46.5 Å². The number of cyclic esters (lactones) is 1. The fourth-order valence-electron chi connectivity index (χ4n) is 0.691. The minimum atomic E-state index is -0.837. The predicted molar refractivity (Wildman–Crippen MR) is 25.9 cm³/mol. The standard InChI is InChI=1S/C5H8O3/c6-4-2-1-3-5(7)8-4/h4,6H,1-3H2. The van der Waals surface area contributed by atoms with Crippen molar-refractivity contribution in [2.75, 3.05) is 0 Å². The van der Waals surface area contributed by atoms with E-state index in [2.05, 4.69) is 4.74 Å². The number of hydrogen-bond donors (Lipinski definition) is 1. The molecule has 0 amide bonds. The molecule has 1 N–H and O–H groups in total. The first kappa shape index (κ1) is 5.56. The van der Waals surface area contributed by atoms with Crippen molar-refractivity contribution in [1.29, 1.82) is 0 Å². The zero-order valence-corrected chi connectivity index (χ0v) is 4.46. The lowest BCUT2D eigenvalue weighted by Crippen LogP contribution is -2.22. The van der Waals surface area contributed by atoms with Gasteiger partial charge in [0.15, 0.2) is 0 Å². The van der Waals surface area contributed by atoms with Crippen LogP contribution in [0.2, 0.25) is 0 Å². The van der Waals surface area contributed by atoms with E-state index in [9.17, 15) is 4.79 Å². The van der Waals surface area contributed by atoms with Gasteiger partial charge >= 0.3 is 5.97 Å². The molecule has 0 aliphatic carbocycles. The summed E-state index contributed by atoms with van der Waals surface area (Å²) in [5.74, 6) is -0.288. The lowest BCUT2D eigenvalue weighted by molar-refractivity contribution is -0.175. The summed E-state index contributed by atoms with van der Waals surface area (Å²) in [7, 11) is 0. The van der Waals surface area contributed by atoms with E-state index in [0.717, 1.165) is 6.42 Å². The predicted octanol–water partition coefficient (Wildman–Crippen LogP) is 0.0319. The summed E-state index contributed by atoms with van der Waals surface area (Å²) in [6.07, 6.45) is 0.958. The molecule has 3 heteroatoms. The Kier molecular flexibility index (Phi) is 1.48. The summed E-state index contributed by atoms with van der Waals surface area (Å²) in [5, 5.41) is 8.64. The van der Waals surface area contributed by atoms with Crippen molar-refractivity contribution in [2.45, 2.75) is 25.6 Å². The molecule has 0 aromatic carbocycles. The van der Waals surface area contributed by atoms with Gasteiger partial charge in [0.1, 0.15) is 0 Å². The highest BCUT2D eigenvalue weighted by Gasteiger charge is 2.16. The maximum Gasteiger partial charge on any atom is 0.308 e. The summed E-state index contributed by atoms with van der Waals surface area (Å²) in [6.45, 7) is 0. The van der Waals surface area contributed by atoms with E-state index < -0.39 is 6.29 Å². The Morgan fingerprint density at radius 3 is 2.88 bits per heavy atom. The van der Waals surface area contributed by atoms with E-state index in [-0.39, 0.29) is 5.97 Å². The summed E-state index contributed by atoms with van der Waals surface area (Å²) in [6, 6.07) is 0. The Morgan fingerprint density at radius 1 is 1.75 bits per heavy atom. The van der Waals surface area contributed by atoms with Crippen LogP contribution < -0.4 is 0 Å². The van der Waals surface area contributed by atoms with Crippen LogP contribution in [-0.2, 0) is 9.53 Å². The first-order chi connectivity index (χ1) is 3.79. The lowest BCUT2D eigenvalue weighted by atomic mass is 10.2. The van der Waals surface area contributed by atoms with Gasteiger partial charge in [-0.1, -0.05) is 0 Å². The molecular weight excluding hydrogens is 108 g/mol. The summed E-state index contributed by atoms with van der Waals surface area (Å²) in [4.78, 5) is 10.3. The van der Waals surface area contributed by atoms with Gasteiger partial charge in [0, 0.05) is 12.8 Å². The van der Waals surface area contributed by atoms with Gasteiger partial charge in [0.25, 0.3) is 0 Å². The maximum atomic E-state index is 10.3. The van der Waals surface area contributed by atoms with E-state index in [4.69, 9.17) is 5.11 Å².